The molecule has 2 atom stereocenters. The van der Waals surface area contributed by atoms with Crippen LogP contribution < -0.4 is 0 Å². The van der Waals surface area contributed by atoms with Gasteiger partial charge in [-0.3, -0.25) is 0 Å². The third-order valence-electron chi connectivity index (χ3n) is 2.89. The summed E-state index contributed by atoms with van der Waals surface area (Å²) in [6.45, 7) is 4.20. The molecule has 0 saturated carbocycles. The Labute approximate surface area is 108 Å². The Hall–Kier alpha value is -0.510. The summed E-state index contributed by atoms with van der Waals surface area (Å²) < 4.78 is 36.7. The van der Waals surface area contributed by atoms with Gasteiger partial charge in [0.25, 0.3) is 0 Å². The summed E-state index contributed by atoms with van der Waals surface area (Å²) in [5, 5.41) is 0. The molecular weight excluding hydrogens is 293 g/mol. The maximum Gasteiger partial charge on any atom is 0.390 e. The van der Waals surface area contributed by atoms with E-state index >= 15 is 0 Å². The zero-order valence-corrected chi connectivity index (χ0v) is 11.5. The van der Waals surface area contributed by atoms with Crippen LogP contribution in [0, 0.1) is 0 Å². The molecule has 0 heterocycles. The SMILES string of the molecule is CCC(C)c1ccc(C(Br)CC(F)(F)F)cc1. The van der Waals surface area contributed by atoms with Gasteiger partial charge < -0.3 is 0 Å². The van der Waals surface area contributed by atoms with Gasteiger partial charge in [-0.05, 0) is 23.5 Å². The van der Waals surface area contributed by atoms with E-state index in [0.717, 1.165) is 6.42 Å². The van der Waals surface area contributed by atoms with Crippen molar-refractivity contribution in [1.82, 2.24) is 0 Å². The number of rotatable bonds is 4. The normalized spacial score (nSPS) is 15.6. The highest BCUT2D eigenvalue weighted by molar-refractivity contribution is 9.09. The molecule has 1 rings (SSSR count). The van der Waals surface area contributed by atoms with E-state index in [4.69, 9.17) is 0 Å². The van der Waals surface area contributed by atoms with Gasteiger partial charge >= 0.3 is 6.18 Å². The molecule has 17 heavy (non-hydrogen) atoms. The number of benzene rings is 1. The minimum Gasteiger partial charge on any atom is -0.171 e. The average molecular weight is 309 g/mol. The van der Waals surface area contributed by atoms with Crippen LogP contribution in [0.2, 0.25) is 0 Å². The van der Waals surface area contributed by atoms with E-state index < -0.39 is 17.4 Å². The van der Waals surface area contributed by atoms with Crippen molar-refractivity contribution in [2.75, 3.05) is 0 Å². The molecule has 0 aliphatic carbocycles. The monoisotopic (exact) mass is 308 g/mol. The molecule has 0 N–H and O–H groups in total. The molecular formula is C13H16BrF3. The highest BCUT2D eigenvalue weighted by Crippen LogP contribution is 2.35. The largest absolute Gasteiger partial charge is 0.390 e. The third kappa shape index (κ3) is 4.70. The lowest BCUT2D eigenvalue weighted by Gasteiger charge is -2.14. The number of halogens is 4. The first-order valence-electron chi connectivity index (χ1n) is 5.64. The van der Waals surface area contributed by atoms with Crippen LogP contribution in [0.15, 0.2) is 24.3 Å². The fourth-order valence-electron chi connectivity index (χ4n) is 1.59. The molecule has 0 aliphatic heterocycles. The first-order chi connectivity index (χ1) is 7.83. The minimum atomic E-state index is -4.14. The topological polar surface area (TPSA) is 0 Å². The maximum atomic E-state index is 12.2. The predicted octanol–water partition coefficient (Wildman–Crippen LogP) is 5.59. The quantitative estimate of drug-likeness (QED) is 0.636. The van der Waals surface area contributed by atoms with Gasteiger partial charge in [0.15, 0.2) is 0 Å². The van der Waals surface area contributed by atoms with Gasteiger partial charge in [0.1, 0.15) is 0 Å². The molecule has 0 radical (unpaired) electrons. The van der Waals surface area contributed by atoms with Crippen LogP contribution in [0.1, 0.15) is 48.6 Å². The third-order valence-corrected chi connectivity index (χ3v) is 3.74. The second kappa shape index (κ2) is 5.89. The molecule has 1 aromatic rings. The molecule has 0 fully saturated rings. The predicted molar refractivity (Wildman–Crippen MR) is 67.5 cm³/mol. The van der Waals surface area contributed by atoms with Gasteiger partial charge in [-0.25, -0.2) is 0 Å². The van der Waals surface area contributed by atoms with E-state index in [1.54, 1.807) is 12.1 Å². The van der Waals surface area contributed by atoms with Crippen LogP contribution in [-0.4, -0.2) is 6.18 Å². The average Bonchev–Trinajstić information content (AvgIpc) is 2.26. The van der Waals surface area contributed by atoms with Crippen molar-refractivity contribution in [3.05, 3.63) is 35.4 Å². The number of alkyl halides is 4. The van der Waals surface area contributed by atoms with E-state index in [2.05, 4.69) is 29.8 Å². The number of hydrogen-bond donors (Lipinski definition) is 0. The van der Waals surface area contributed by atoms with Crippen molar-refractivity contribution in [2.45, 2.75) is 43.6 Å². The van der Waals surface area contributed by atoms with Gasteiger partial charge in [0, 0.05) is 4.83 Å². The maximum absolute atomic E-state index is 12.2. The summed E-state index contributed by atoms with van der Waals surface area (Å²) in [7, 11) is 0. The smallest absolute Gasteiger partial charge is 0.171 e. The minimum absolute atomic E-state index is 0.445. The van der Waals surface area contributed by atoms with Crippen molar-refractivity contribution in [1.29, 1.82) is 0 Å². The van der Waals surface area contributed by atoms with Gasteiger partial charge in [-0.1, -0.05) is 54.0 Å². The molecule has 0 bridgehead atoms. The summed E-state index contributed by atoms with van der Waals surface area (Å²) in [5.41, 5.74) is 1.84. The van der Waals surface area contributed by atoms with E-state index in [1.807, 2.05) is 12.1 Å². The Balaban J connectivity index is 2.74. The summed E-state index contributed by atoms with van der Waals surface area (Å²) in [4.78, 5) is -0.659. The van der Waals surface area contributed by atoms with Gasteiger partial charge in [0.05, 0.1) is 6.42 Å². The van der Waals surface area contributed by atoms with Crippen molar-refractivity contribution in [2.24, 2.45) is 0 Å². The lowest BCUT2D eigenvalue weighted by molar-refractivity contribution is -0.134. The first kappa shape index (κ1) is 14.6. The van der Waals surface area contributed by atoms with E-state index in [9.17, 15) is 13.2 Å². The summed E-state index contributed by atoms with van der Waals surface area (Å²) in [6, 6.07) is 7.36. The molecule has 0 aliphatic rings. The Morgan fingerprint density at radius 2 is 1.59 bits per heavy atom. The fraction of sp³-hybridized carbons (Fsp3) is 0.538. The fourth-order valence-corrected chi connectivity index (χ4v) is 2.26. The van der Waals surface area contributed by atoms with Crippen LogP contribution in [0.3, 0.4) is 0 Å². The molecule has 0 amide bonds. The lowest BCUT2D eigenvalue weighted by atomic mass is 9.97. The van der Waals surface area contributed by atoms with Crippen LogP contribution in [-0.2, 0) is 0 Å². The molecule has 2 unspecified atom stereocenters. The van der Waals surface area contributed by atoms with Crippen molar-refractivity contribution in [3.8, 4) is 0 Å². The van der Waals surface area contributed by atoms with Crippen LogP contribution in [0.25, 0.3) is 0 Å². The van der Waals surface area contributed by atoms with E-state index in [1.165, 1.54) is 5.56 Å². The summed E-state index contributed by atoms with van der Waals surface area (Å²) in [6.07, 6.45) is -3.95. The molecule has 0 saturated heterocycles. The van der Waals surface area contributed by atoms with Crippen LogP contribution in [0.4, 0.5) is 13.2 Å². The van der Waals surface area contributed by atoms with Crippen molar-refractivity contribution < 1.29 is 13.2 Å². The molecule has 96 valence electrons. The van der Waals surface area contributed by atoms with E-state index in [-0.39, 0.29) is 0 Å². The summed E-state index contributed by atoms with van der Waals surface area (Å²) in [5.74, 6) is 0.445. The molecule has 1 aromatic carbocycles. The Bertz CT molecular complexity index is 343. The van der Waals surface area contributed by atoms with Crippen LogP contribution >= 0.6 is 15.9 Å². The Morgan fingerprint density at radius 3 is 2.00 bits per heavy atom. The highest BCUT2D eigenvalue weighted by atomic mass is 79.9. The molecule has 4 heteroatoms. The van der Waals surface area contributed by atoms with Gasteiger partial charge in [0.2, 0.25) is 0 Å². The van der Waals surface area contributed by atoms with Crippen molar-refractivity contribution in [3.63, 3.8) is 0 Å². The van der Waals surface area contributed by atoms with Crippen molar-refractivity contribution >= 4 is 15.9 Å². The van der Waals surface area contributed by atoms with E-state index in [0.29, 0.717) is 11.5 Å². The molecule has 0 aromatic heterocycles. The van der Waals surface area contributed by atoms with Crippen LogP contribution in [0.5, 0.6) is 0 Å². The zero-order chi connectivity index (χ0) is 13.1. The highest BCUT2D eigenvalue weighted by Gasteiger charge is 2.31. The standard InChI is InChI=1S/C13H16BrF3/c1-3-9(2)10-4-6-11(7-5-10)12(14)8-13(15,16)17/h4-7,9,12H,3,8H2,1-2H3. The van der Waals surface area contributed by atoms with Gasteiger partial charge in [-0.2, -0.15) is 13.2 Å². The molecule has 0 nitrogen and oxygen atoms in total. The Morgan fingerprint density at radius 1 is 1.12 bits per heavy atom. The second-order valence-electron chi connectivity index (χ2n) is 4.26. The lowest BCUT2D eigenvalue weighted by Crippen LogP contribution is -2.10. The molecule has 0 spiro atoms. The Kier molecular flexibility index (Phi) is 5.04. The summed E-state index contributed by atoms with van der Waals surface area (Å²) >= 11 is 3.08. The first-order valence-corrected chi connectivity index (χ1v) is 6.55. The zero-order valence-electron chi connectivity index (χ0n) is 9.89. The second-order valence-corrected chi connectivity index (χ2v) is 5.37. The number of hydrogen-bond acceptors (Lipinski definition) is 0. The van der Waals surface area contributed by atoms with Gasteiger partial charge in [-0.15, -0.1) is 0 Å².